The minimum Gasteiger partial charge on any atom is -0.412 e. The van der Waals surface area contributed by atoms with Gasteiger partial charge in [-0.3, -0.25) is 4.79 Å². The van der Waals surface area contributed by atoms with Gasteiger partial charge in [0.25, 0.3) is 5.91 Å². The fraction of sp³-hybridized carbons (Fsp3) is 0.562. The van der Waals surface area contributed by atoms with Gasteiger partial charge in [0.05, 0.1) is 13.2 Å². The van der Waals surface area contributed by atoms with Crippen molar-refractivity contribution in [3.8, 4) is 0 Å². The third kappa shape index (κ3) is 3.35. The van der Waals surface area contributed by atoms with E-state index in [9.17, 15) is 4.79 Å². The summed E-state index contributed by atoms with van der Waals surface area (Å²) in [7, 11) is -1.84. The predicted octanol–water partition coefficient (Wildman–Crippen LogP) is 4.73. The van der Waals surface area contributed by atoms with Gasteiger partial charge in [-0.1, -0.05) is 62.2 Å². The van der Waals surface area contributed by atoms with E-state index < -0.39 is 12.7 Å². The van der Waals surface area contributed by atoms with E-state index in [4.69, 9.17) is 27.6 Å². The summed E-state index contributed by atoms with van der Waals surface area (Å²) in [6, 6.07) is 7.75. The smallest absolute Gasteiger partial charge is 0.265 e. The molecule has 122 valence electrons. The number of anilines is 1. The topological polar surface area (TPSA) is 29.5 Å². The number of rotatable bonds is 4. The minimum absolute atomic E-state index is 0.149. The molecule has 3 nitrogen and oxygen atoms in total. The molecule has 1 aromatic rings. The molecule has 0 N–H and O–H groups in total. The summed E-state index contributed by atoms with van der Waals surface area (Å²) >= 11 is 11.8. The molecule has 0 bridgehead atoms. The Labute approximate surface area is 143 Å². The Kier molecular flexibility index (Phi) is 4.71. The lowest BCUT2D eigenvalue weighted by atomic mass is 10.1. The number of hydrogen-bond donors (Lipinski definition) is 0. The van der Waals surface area contributed by atoms with Crippen LogP contribution in [-0.2, 0) is 15.8 Å². The highest BCUT2D eigenvalue weighted by atomic mass is 35.5. The quantitative estimate of drug-likeness (QED) is 0.441. The van der Waals surface area contributed by atoms with Crippen LogP contribution in [0.25, 0.3) is 0 Å². The Morgan fingerprint density at radius 3 is 2.36 bits per heavy atom. The third-order valence-electron chi connectivity index (χ3n) is 4.59. The van der Waals surface area contributed by atoms with Crippen LogP contribution in [0.15, 0.2) is 24.3 Å². The predicted molar refractivity (Wildman–Crippen MR) is 95.2 cm³/mol. The third-order valence-corrected chi connectivity index (χ3v) is 9.63. The first-order valence-electron chi connectivity index (χ1n) is 7.37. The molecular formula is C16H23Cl2NO2Si. The molecule has 0 radical (unpaired) electrons. The van der Waals surface area contributed by atoms with Crippen molar-refractivity contribution in [2.45, 2.75) is 49.8 Å². The van der Waals surface area contributed by atoms with E-state index in [-0.39, 0.29) is 10.9 Å². The standard InChI is InChI=1S/C16H23Cl2NO2Si/c1-15(2,3)22(4,5)21-10-12-8-6-7-9-13(12)19-11-16(17,18)14(19)20/h6-9H,10-11H2,1-5H3. The molecule has 1 saturated heterocycles. The monoisotopic (exact) mass is 359 g/mol. The minimum atomic E-state index is -1.84. The molecule has 1 amide bonds. The summed E-state index contributed by atoms with van der Waals surface area (Å²) in [5, 5.41) is 0.149. The lowest BCUT2D eigenvalue weighted by molar-refractivity contribution is -0.122. The molecule has 1 aliphatic heterocycles. The number of carbonyl (C=O) groups excluding carboxylic acids is 1. The molecular weight excluding hydrogens is 337 g/mol. The van der Waals surface area contributed by atoms with E-state index in [1.54, 1.807) is 4.90 Å². The normalized spacial score (nSPS) is 18.3. The first-order chi connectivity index (χ1) is 9.96. The molecule has 1 fully saturated rings. The van der Waals surface area contributed by atoms with Crippen LogP contribution < -0.4 is 4.90 Å². The molecule has 0 unspecified atom stereocenters. The van der Waals surface area contributed by atoms with Crippen molar-refractivity contribution >= 4 is 43.1 Å². The zero-order valence-corrected chi connectivity index (χ0v) is 16.3. The molecule has 22 heavy (non-hydrogen) atoms. The Bertz CT molecular complexity index is 582. The number of alkyl halides is 2. The average molecular weight is 360 g/mol. The van der Waals surface area contributed by atoms with Crippen molar-refractivity contribution in [1.82, 2.24) is 0 Å². The number of carbonyl (C=O) groups is 1. The van der Waals surface area contributed by atoms with E-state index in [0.29, 0.717) is 13.2 Å². The second-order valence-corrected chi connectivity index (χ2v) is 13.6. The number of para-hydroxylation sites is 1. The molecule has 0 saturated carbocycles. The maximum absolute atomic E-state index is 12.0. The van der Waals surface area contributed by atoms with Gasteiger partial charge in [-0.15, -0.1) is 0 Å². The van der Waals surface area contributed by atoms with Crippen LogP contribution in [-0.4, -0.2) is 25.1 Å². The van der Waals surface area contributed by atoms with Crippen LogP contribution in [0, 0.1) is 0 Å². The number of hydrogen-bond acceptors (Lipinski definition) is 2. The van der Waals surface area contributed by atoms with Crippen molar-refractivity contribution in [3.63, 3.8) is 0 Å². The summed E-state index contributed by atoms with van der Waals surface area (Å²) < 4.78 is 4.98. The molecule has 0 aliphatic carbocycles. The summed E-state index contributed by atoms with van der Waals surface area (Å²) in [6.45, 7) is 11.9. The van der Waals surface area contributed by atoms with E-state index in [1.165, 1.54) is 0 Å². The van der Waals surface area contributed by atoms with Gasteiger partial charge in [-0.05, 0) is 24.2 Å². The van der Waals surface area contributed by atoms with Gasteiger partial charge in [0, 0.05) is 11.3 Å². The van der Waals surface area contributed by atoms with Gasteiger partial charge < -0.3 is 9.33 Å². The zero-order valence-electron chi connectivity index (χ0n) is 13.7. The zero-order chi connectivity index (χ0) is 16.8. The van der Waals surface area contributed by atoms with Crippen LogP contribution in [0.2, 0.25) is 18.1 Å². The van der Waals surface area contributed by atoms with Gasteiger partial charge in [0.15, 0.2) is 8.32 Å². The Balaban J connectivity index is 2.16. The Morgan fingerprint density at radius 1 is 1.27 bits per heavy atom. The second kappa shape index (κ2) is 5.82. The molecule has 2 rings (SSSR count). The Morgan fingerprint density at radius 2 is 1.86 bits per heavy atom. The highest BCUT2D eigenvalue weighted by molar-refractivity contribution is 6.74. The molecule has 0 spiro atoms. The van der Waals surface area contributed by atoms with Gasteiger partial charge in [0.2, 0.25) is 4.33 Å². The summed E-state index contributed by atoms with van der Waals surface area (Å²) in [5.41, 5.74) is 1.83. The first-order valence-corrected chi connectivity index (χ1v) is 11.0. The van der Waals surface area contributed by atoms with E-state index in [1.807, 2.05) is 24.3 Å². The maximum atomic E-state index is 12.0. The van der Waals surface area contributed by atoms with Gasteiger partial charge in [0.1, 0.15) is 0 Å². The Hall–Kier alpha value is -0.553. The number of amides is 1. The largest absolute Gasteiger partial charge is 0.412 e. The van der Waals surface area contributed by atoms with E-state index in [0.717, 1.165) is 11.3 Å². The molecule has 0 atom stereocenters. The van der Waals surface area contributed by atoms with E-state index >= 15 is 0 Å². The molecule has 1 heterocycles. The highest BCUT2D eigenvalue weighted by Gasteiger charge is 2.50. The SMILES string of the molecule is CC(C)(C)[Si](C)(C)OCc1ccccc1N1CC(Cl)(Cl)C1=O. The van der Waals surface area contributed by atoms with Gasteiger partial charge >= 0.3 is 0 Å². The number of β-lactam (4-membered cyclic amide) rings is 1. The summed E-state index contributed by atoms with van der Waals surface area (Å²) in [6.07, 6.45) is 0. The van der Waals surface area contributed by atoms with Crippen molar-refractivity contribution < 1.29 is 9.22 Å². The van der Waals surface area contributed by atoms with Crippen molar-refractivity contribution in [3.05, 3.63) is 29.8 Å². The van der Waals surface area contributed by atoms with E-state index in [2.05, 4.69) is 33.9 Å². The summed E-state index contributed by atoms with van der Waals surface area (Å²) in [5.74, 6) is -0.268. The van der Waals surface area contributed by atoms with Crippen LogP contribution in [0.1, 0.15) is 26.3 Å². The van der Waals surface area contributed by atoms with Crippen LogP contribution in [0.5, 0.6) is 0 Å². The lowest BCUT2D eigenvalue weighted by Crippen LogP contribution is -2.61. The van der Waals surface area contributed by atoms with Crippen molar-refractivity contribution in [2.24, 2.45) is 0 Å². The summed E-state index contributed by atoms with van der Waals surface area (Å²) in [4.78, 5) is 13.6. The second-order valence-electron chi connectivity index (χ2n) is 7.27. The van der Waals surface area contributed by atoms with Gasteiger partial charge in [-0.2, -0.15) is 0 Å². The molecule has 6 heteroatoms. The van der Waals surface area contributed by atoms with Crippen LogP contribution in [0.3, 0.4) is 0 Å². The van der Waals surface area contributed by atoms with Gasteiger partial charge in [-0.25, -0.2) is 0 Å². The van der Waals surface area contributed by atoms with Crippen LogP contribution >= 0.6 is 23.2 Å². The lowest BCUT2D eigenvalue weighted by Gasteiger charge is -2.42. The van der Waals surface area contributed by atoms with Crippen LogP contribution in [0.4, 0.5) is 5.69 Å². The first kappa shape index (κ1) is 17.8. The molecule has 0 aromatic heterocycles. The molecule has 1 aliphatic rings. The number of halogens is 2. The number of nitrogens with zero attached hydrogens (tertiary/aromatic N) is 1. The fourth-order valence-electron chi connectivity index (χ4n) is 2.01. The average Bonchev–Trinajstić information content (AvgIpc) is 2.41. The van der Waals surface area contributed by atoms with Crippen molar-refractivity contribution in [1.29, 1.82) is 0 Å². The molecule has 1 aromatic carbocycles. The number of benzene rings is 1. The highest BCUT2D eigenvalue weighted by Crippen LogP contribution is 2.40. The van der Waals surface area contributed by atoms with Crippen molar-refractivity contribution in [2.75, 3.05) is 11.4 Å². The maximum Gasteiger partial charge on any atom is 0.265 e. The fourth-order valence-corrected chi connectivity index (χ4v) is 3.40.